The van der Waals surface area contributed by atoms with Crippen molar-refractivity contribution in [2.45, 2.75) is 13.2 Å². The Balaban J connectivity index is 1.40. The molecular weight excluding hydrogens is 654 g/mol. The van der Waals surface area contributed by atoms with Gasteiger partial charge in [-0.2, -0.15) is 5.10 Å². The van der Waals surface area contributed by atoms with Crippen LogP contribution in [0.4, 0.5) is 0 Å². The minimum atomic E-state index is 0.521. The fraction of sp³-hybridized carbons (Fsp3) is 0.148. The van der Waals surface area contributed by atoms with E-state index in [0.717, 1.165) is 24.0 Å². The van der Waals surface area contributed by atoms with Crippen molar-refractivity contribution in [3.05, 3.63) is 96.6 Å². The summed E-state index contributed by atoms with van der Waals surface area (Å²) in [4.78, 5) is 0. The zero-order valence-corrected chi connectivity index (χ0v) is 23.2. The molecule has 0 aromatic heterocycles. The number of methoxy groups -OCH3 is 2. The second-order valence-corrected chi connectivity index (χ2v) is 9.85. The molecule has 0 spiro atoms. The third-order valence-corrected chi connectivity index (χ3v) is 6.91. The normalized spacial score (nSPS) is 11.1. The van der Waals surface area contributed by atoms with E-state index in [1.807, 2.05) is 24.4 Å². The smallest absolute Gasteiger partial charge is 0.161 e. The van der Waals surface area contributed by atoms with E-state index in [-0.39, 0.29) is 0 Å². The molecule has 0 heterocycles. The van der Waals surface area contributed by atoms with Gasteiger partial charge in [0.2, 0.25) is 0 Å². The standard InChI is InChI=1S/C27H24I2N2O3/c1-32-25-11-10-18(14-26(25)33-2)15-30-31-16-19-12-23(28)27(24(29)13-19)34-17-21-8-5-7-20-6-3-4-9-22(20)21/h3-14,16,30H,15,17H2,1-2H3/b31-16-. The molecule has 0 radical (unpaired) electrons. The van der Waals surface area contributed by atoms with Gasteiger partial charge >= 0.3 is 0 Å². The highest BCUT2D eigenvalue weighted by Crippen LogP contribution is 2.30. The van der Waals surface area contributed by atoms with Gasteiger partial charge in [-0.05, 0) is 96.9 Å². The van der Waals surface area contributed by atoms with Crippen molar-refractivity contribution >= 4 is 62.2 Å². The molecule has 4 aromatic rings. The van der Waals surface area contributed by atoms with Crippen molar-refractivity contribution in [3.8, 4) is 17.2 Å². The Bertz CT molecular complexity index is 1300. The van der Waals surface area contributed by atoms with Crippen LogP contribution >= 0.6 is 45.2 Å². The Kier molecular flexibility index (Phi) is 8.49. The van der Waals surface area contributed by atoms with Crippen LogP contribution in [-0.2, 0) is 13.2 Å². The van der Waals surface area contributed by atoms with Crippen LogP contribution in [0.25, 0.3) is 10.8 Å². The number of hydrogen-bond donors (Lipinski definition) is 1. The molecule has 0 amide bonds. The van der Waals surface area contributed by atoms with E-state index >= 15 is 0 Å². The van der Waals surface area contributed by atoms with Crippen molar-refractivity contribution in [1.82, 2.24) is 5.43 Å². The van der Waals surface area contributed by atoms with Crippen LogP contribution in [0.15, 0.2) is 77.9 Å². The van der Waals surface area contributed by atoms with Crippen molar-refractivity contribution in [2.24, 2.45) is 5.10 Å². The first kappa shape index (κ1) is 24.6. The summed E-state index contributed by atoms with van der Waals surface area (Å²) < 4.78 is 19.0. The Hall–Kier alpha value is -2.53. The zero-order valence-electron chi connectivity index (χ0n) is 18.8. The minimum absolute atomic E-state index is 0.521. The minimum Gasteiger partial charge on any atom is -0.493 e. The van der Waals surface area contributed by atoms with E-state index < -0.39 is 0 Å². The maximum atomic E-state index is 6.24. The van der Waals surface area contributed by atoms with E-state index in [0.29, 0.717) is 24.7 Å². The van der Waals surface area contributed by atoms with E-state index in [1.165, 1.54) is 16.3 Å². The molecule has 5 nitrogen and oxygen atoms in total. The summed E-state index contributed by atoms with van der Waals surface area (Å²) in [6, 6.07) is 24.7. The first-order chi connectivity index (χ1) is 16.6. The molecule has 4 rings (SSSR count). The van der Waals surface area contributed by atoms with Crippen LogP contribution in [0.2, 0.25) is 0 Å². The lowest BCUT2D eigenvalue weighted by Crippen LogP contribution is -2.06. The van der Waals surface area contributed by atoms with Gasteiger partial charge in [0.05, 0.1) is 34.1 Å². The lowest BCUT2D eigenvalue weighted by molar-refractivity contribution is 0.303. The molecule has 1 N–H and O–H groups in total. The molecule has 0 saturated heterocycles. The third-order valence-electron chi connectivity index (χ3n) is 5.31. The molecule has 34 heavy (non-hydrogen) atoms. The van der Waals surface area contributed by atoms with E-state index in [4.69, 9.17) is 14.2 Å². The van der Waals surface area contributed by atoms with Gasteiger partial charge in [0.1, 0.15) is 12.4 Å². The van der Waals surface area contributed by atoms with Crippen LogP contribution in [0.1, 0.15) is 16.7 Å². The Morgan fingerprint density at radius 1 is 0.853 bits per heavy atom. The predicted molar refractivity (Wildman–Crippen MR) is 154 cm³/mol. The number of hydrazone groups is 1. The van der Waals surface area contributed by atoms with Gasteiger partial charge < -0.3 is 19.6 Å². The maximum absolute atomic E-state index is 6.24. The van der Waals surface area contributed by atoms with Crippen LogP contribution < -0.4 is 19.6 Å². The highest BCUT2D eigenvalue weighted by molar-refractivity contribution is 14.1. The largest absolute Gasteiger partial charge is 0.493 e. The maximum Gasteiger partial charge on any atom is 0.161 e. The number of fused-ring (bicyclic) bond motifs is 1. The summed E-state index contributed by atoms with van der Waals surface area (Å²) >= 11 is 4.64. The average Bonchev–Trinajstić information content (AvgIpc) is 2.86. The first-order valence-corrected chi connectivity index (χ1v) is 12.8. The number of nitrogens with zero attached hydrogens (tertiary/aromatic N) is 1. The van der Waals surface area contributed by atoms with Crippen molar-refractivity contribution in [3.63, 3.8) is 0 Å². The van der Waals surface area contributed by atoms with E-state index in [9.17, 15) is 0 Å². The molecule has 0 unspecified atom stereocenters. The predicted octanol–water partition coefficient (Wildman–Crippen LogP) is 6.77. The van der Waals surface area contributed by atoms with Gasteiger partial charge in [-0.1, -0.05) is 48.5 Å². The molecule has 0 aliphatic heterocycles. The van der Waals surface area contributed by atoms with Crippen LogP contribution in [0, 0.1) is 7.14 Å². The fourth-order valence-electron chi connectivity index (χ4n) is 3.61. The molecule has 0 saturated carbocycles. The summed E-state index contributed by atoms with van der Waals surface area (Å²) in [5, 5.41) is 6.82. The summed E-state index contributed by atoms with van der Waals surface area (Å²) in [5.41, 5.74) is 6.33. The molecule has 0 aliphatic carbocycles. The second kappa shape index (κ2) is 11.7. The summed E-state index contributed by atoms with van der Waals surface area (Å²) in [6.45, 7) is 1.10. The topological polar surface area (TPSA) is 52.1 Å². The van der Waals surface area contributed by atoms with Crippen molar-refractivity contribution < 1.29 is 14.2 Å². The number of hydrogen-bond acceptors (Lipinski definition) is 5. The van der Waals surface area contributed by atoms with E-state index in [2.05, 4.69) is 110 Å². The summed E-state index contributed by atoms with van der Waals surface area (Å²) in [5.74, 6) is 2.31. The van der Waals surface area contributed by atoms with Crippen molar-refractivity contribution in [1.29, 1.82) is 0 Å². The summed E-state index contributed by atoms with van der Waals surface area (Å²) in [6.07, 6.45) is 1.82. The Morgan fingerprint density at radius 2 is 1.59 bits per heavy atom. The second-order valence-electron chi connectivity index (χ2n) is 7.52. The Labute approximate surface area is 226 Å². The lowest BCUT2D eigenvalue weighted by Gasteiger charge is -2.13. The highest BCUT2D eigenvalue weighted by Gasteiger charge is 2.10. The zero-order chi connectivity index (χ0) is 23.9. The van der Waals surface area contributed by atoms with Gasteiger partial charge in [0.25, 0.3) is 0 Å². The number of nitrogens with one attached hydrogen (secondary N) is 1. The van der Waals surface area contributed by atoms with Crippen LogP contribution in [0.5, 0.6) is 17.2 Å². The highest BCUT2D eigenvalue weighted by atomic mass is 127. The number of halogens is 2. The van der Waals surface area contributed by atoms with Gasteiger partial charge in [0.15, 0.2) is 11.5 Å². The number of ether oxygens (including phenoxy) is 3. The third kappa shape index (κ3) is 5.93. The monoisotopic (exact) mass is 678 g/mol. The molecule has 7 heteroatoms. The first-order valence-electron chi connectivity index (χ1n) is 10.6. The van der Waals surface area contributed by atoms with Crippen LogP contribution in [0.3, 0.4) is 0 Å². The lowest BCUT2D eigenvalue weighted by atomic mass is 10.1. The number of rotatable bonds is 9. The van der Waals surface area contributed by atoms with Gasteiger partial charge in [-0.25, -0.2) is 0 Å². The van der Waals surface area contributed by atoms with E-state index in [1.54, 1.807) is 14.2 Å². The average molecular weight is 678 g/mol. The quantitative estimate of drug-likeness (QED) is 0.121. The molecule has 0 bridgehead atoms. The van der Waals surface area contributed by atoms with Gasteiger partial charge in [-0.3, -0.25) is 0 Å². The fourth-order valence-corrected chi connectivity index (χ4v) is 5.74. The summed E-state index contributed by atoms with van der Waals surface area (Å²) in [7, 11) is 3.26. The Morgan fingerprint density at radius 3 is 2.35 bits per heavy atom. The van der Waals surface area contributed by atoms with Gasteiger partial charge in [-0.15, -0.1) is 0 Å². The molecular formula is C27H24I2N2O3. The van der Waals surface area contributed by atoms with Crippen molar-refractivity contribution in [2.75, 3.05) is 14.2 Å². The molecule has 0 fully saturated rings. The van der Waals surface area contributed by atoms with Gasteiger partial charge in [0, 0.05) is 0 Å². The molecule has 4 aromatic carbocycles. The molecule has 0 aliphatic rings. The number of benzene rings is 4. The molecule has 0 atom stereocenters. The molecule has 174 valence electrons. The SMILES string of the molecule is COc1ccc(CN/N=C\c2cc(I)c(OCc3cccc4ccccc34)c(I)c2)cc1OC. The van der Waals surface area contributed by atoms with Crippen LogP contribution in [-0.4, -0.2) is 20.4 Å².